The average molecular weight is 321 g/mol. The van der Waals surface area contributed by atoms with Crippen LogP contribution in [0.2, 0.25) is 0 Å². The first-order chi connectivity index (χ1) is 11.0. The van der Waals surface area contributed by atoms with Gasteiger partial charge in [-0.3, -0.25) is 24.1 Å². The van der Waals surface area contributed by atoms with Crippen LogP contribution in [0.15, 0.2) is 0 Å². The van der Waals surface area contributed by atoms with Crippen LogP contribution in [-0.4, -0.2) is 71.1 Å². The summed E-state index contributed by atoms with van der Waals surface area (Å²) in [6.45, 7) is 3.30. The SMILES string of the molecule is CC(=O)N1CCN(C(=O)CN2C(=O)[C@H]3CCCC[C@@H]3C2=O)CC1. The molecule has 23 heavy (non-hydrogen) atoms. The zero-order chi connectivity index (χ0) is 16.6. The fourth-order valence-corrected chi connectivity index (χ4v) is 3.89. The Labute approximate surface area is 135 Å². The van der Waals surface area contributed by atoms with Gasteiger partial charge in [0.25, 0.3) is 0 Å². The van der Waals surface area contributed by atoms with Gasteiger partial charge in [0.2, 0.25) is 23.6 Å². The highest BCUT2D eigenvalue weighted by atomic mass is 16.2. The lowest BCUT2D eigenvalue weighted by molar-refractivity contribution is -0.147. The van der Waals surface area contributed by atoms with E-state index in [-0.39, 0.29) is 42.0 Å². The maximum atomic E-state index is 12.4. The molecule has 7 nitrogen and oxygen atoms in total. The molecule has 3 fully saturated rings. The molecule has 2 heterocycles. The van der Waals surface area contributed by atoms with Crippen molar-refractivity contribution in [2.24, 2.45) is 11.8 Å². The first kappa shape index (κ1) is 16.0. The summed E-state index contributed by atoms with van der Waals surface area (Å²) in [5, 5.41) is 0. The lowest BCUT2D eigenvalue weighted by Gasteiger charge is -2.34. The van der Waals surface area contributed by atoms with Gasteiger partial charge in [0.1, 0.15) is 6.54 Å². The molecular weight excluding hydrogens is 298 g/mol. The fourth-order valence-electron chi connectivity index (χ4n) is 3.89. The van der Waals surface area contributed by atoms with Crippen molar-refractivity contribution in [3.05, 3.63) is 0 Å². The molecule has 126 valence electrons. The predicted molar refractivity (Wildman–Crippen MR) is 81.0 cm³/mol. The number of piperazine rings is 1. The van der Waals surface area contributed by atoms with Crippen LogP contribution in [0.4, 0.5) is 0 Å². The minimum Gasteiger partial charge on any atom is -0.339 e. The van der Waals surface area contributed by atoms with E-state index in [2.05, 4.69) is 0 Å². The Bertz CT molecular complexity index is 515. The van der Waals surface area contributed by atoms with E-state index < -0.39 is 0 Å². The van der Waals surface area contributed by atoms with Gasteiger partial charge in [0.05, 0.1) is 11.8 Å². The van der Waals surface area contributed by atoms with Crippen molar-refractivity contribution in [2.75, 3.05) is 32.7 Å². The Hall–Kier alpha value is -1.92. The number of imide groups is 1. The maximum Gasteiger partial charge on any atom is 0.242 e. The van der Waals surface area contributed by atoms with Crippen LogP contribution in [0.3, 0.4) is 0 Å². The van der Waals surface area contributed by atoms with Gasteiger partial charge in [-0.15, -0.1) is 0 Å². The third-order valence-corrected chi connectivity index (χ3v) is 5.30. The number of carbonyl (C=O) groups excluding carboxylic acids is 4. The van der Waals surface area contributed by atoms with Gasteiger partial charge in [-0.05, 0) is 12.8 Å². The summed E-state index contributed by atoms with van der Waals surface area (Å²) in [5.74, 6) is -0.956. The number of likely N-dealkylation sites (tertiary alicyclic amines) is 1. The summed E-state index contributed by atoms with van der Waals surface area (Å²) in [6, 6.07) is 0. The molecule has 3 rings (SSSR count). The molecule has 0 N–H and O–H groups in total. The van der Waals surface area contributed by atoms with Gasteiger partial charge in [-0.2, -0.15) is 0 Å². The summed E-state index contributed by atoms with van der Waals surface area (Å²) < 4.78 is 0. The van der Waals surface area contributed by atoms with Gasteiger partial charge < -0.3 is 9.80 Å². The first-order valence-corrected chi connectivity index (χ1v) is 8.37. The molecule has 2 saturated heterocycles. The highest BCUT2D eigenvalue weighted by molar-refractivity contribution is 6.07. The lowest BCUT2D eigenvalue weighted by atomic mass is 9.81. The van der Waals surface area contributed by atoms with Crippen molar-refractivity contribution in [2.45, 2.75) is 32.6 Å². The zero-order valence-electron chi connectivity index (χ0n) is 13.5. The summed E-state index contributed by atoms with van der Waals surface area (Å²) >= 11 is 0. The second-order valence-corrected chi connectivity index (χ2v) is 6.65. The number of rotatable bonds is 2. The quantitative estimate of drug-likeness (QED) is 0.663. The fraction of sp³-hybridized carbons (Fsp3) is 0.750. The molecule has 2 atom stereocenters. The maximum absolute atomic E-state index is 12.4. The van der Waals surface area contributed by atoms with Crippen LogP contribution in [-0.2, 0) is 19.2 Å². The largest absolute Gasteiger partial charge is 0.339 e. The van der Waals surface area contributed by atoms with Crippen LogP contribution < -0.4 is 0 Å². The Kier molecular flexibility index (Phi) is 4.37. The second-order valence-electron chi connectivity index (χ2n) is 6.65. The molecule has 0 bridgehead atoms. The Balaban J connectivity index is 1.59. The van der Waals surface area contributed by atoms with Crippen molar-refractivity contribution in [1.29, 1.82) is 0 Å². The first-order valence-electron chi connectivity index (χ1n) is 8.37. The van der Waals surface area contributed by atoms with E-state index in [9.17, 15) is 19.2 Å². The summed E-state index contributed by atoms with van der Waals surface area (Å²) in [5.41, 5.74) is 0. The number of hydrogen-bond donors (Lipinski definition) is 0. The van der Waals surface area contributed by atoms with Crippen LogP contribution in [0.1, 0.15) is 32.6 Å². The zero-order valence-corrected chi connectivity index (χ0v) is 13.5. The van der Waals surface area contributed by atoms with E-state index in [1.165, 1.54) is 11.8 Å². The minimum absolute atomic E-state index is 0.00562. The van der Waals surface area contributed by atoms with Crippen LogP contribution in [0.25, 0.3) is 0 Å². The lowest BCUT2D eigenvalue weighted by Crippen LogP contribution is -2.52. The molecule has 3 aliphatic rings. The summed E-state index contributed by atoms with van der Waals surface area (Å²) in [7, 11) is 0. The number of fused-ring (bicyclic) bond motifs is 1. The third kappa shape index (κ3) is 2.96. The Morgan fingerprint density at radius 2 is 1.39 bits per heavy atom. The summed E-state index contributed by atoms with van der Waals surface area (Å²) in [6.07, 6.45) is 3.48. The molecule has 0 aromatic heterocycles. The van der Waals surface area contributed by atoms with Gasteiger partial charge in [-0.25, -0.2) is 0 Å². The topological polar surface area (TPSA) is 78.0 Å². The number of hydrogen-bond acceptors (Lipinski definition) is 4. The predicted octanol–water partition coefficient (Wildman–Crippen LogP) is -0.148. The molecule has 7 heteroatoms. The molecule has 0 unspecified atom stereocenters. The van der Waals surface area contributed by atoms with Crippen molar-refractivity contribution in [3.8, 4) is 0 Å². The molecular formula is C16H23N3O4. The van der Waals surface area contributed by atoms with Crippen LogP contribution >= 0.6 is 0 Å². The molecule has 0 radical (unpaired) electrons. The van der Waals surface area contributed by atoms with Gasteiger partial charge >= 0.3 is 0 Å². The smallest absolute Gasteiger partial charge is 0.242 e. The van der Waals surface area contributed by atoms with E-state index >= 15 is 0 Å². The van der Waals surface area contributed by atoms with E-state index in [1.54, 1.807) is 9.80 Å². The highest BCUT2D eigenvalue weighted by Crippen LogP contribution is 2.37. The molecule has 0 aromatic rings. The van der Waals surface area contributed by atoms with Gasteiger partial charge in [0, 0.05) is 33.1 Å². The van der Waals surface area contributed by atoms with Gasteiger partial charge in [0.15, 0.2) is 0 Å². The standard InChI is InChI=1S/C16H23N3O4/c1-11(20)17-6-8-18(9-7-17)14(21)10-19-15(22)12-4-2-3-5-13(12)16(19)23/h12-13H,2-10H2,1H3/t12-,13-/m0/s1. The van der Waals surface area contributed by atoms with E-state index in [0.29, 0.717) is 26.2 Å². The molecule has 2 aliphatic heterocycles. The molecule has 1 saturated carbocycles. The van der Waals surface area contributed by atoms with Crippen molar-refractivity contribution in [3.63, 3.8) is 0 Å². The Morgan fingerprint density at radius 3 is 1.87 bits per heavy atom. The molecule has 1 aliphatic carbocycles. The van der Waals surface area contributed by atoms with E-state index in [0.717, 1.165) is 25.7 Å². The number of amides is 4. The molecule has 0 aromatic carbocycles. The number of carbonyl (C=O) groups is 4. The highest BCUT2D eigenvalue weighted by Gasteiger charge is 2.48. The Morgan fingerprint density at radius 1 is 0.913 bits per heavy atom. The van der Waals surface area contributed by atoms with Gasteiger partial charge in [-0.1, -0.05) is 12.8 Å². The van der Waals surface area contributed by atoms with E-state index in [1.807, 2.05) is 0 Å². The van der Waals surface area contributed by atoms with Crippen molar-refractivity contribution in [1.82, 2.24) is 14.7 Å². The van der Waals surface area contributed by atoms with E-state index in [4.69, 9.17) is 0 Å². The molecule has 0 spiro atoms. The second kappa shape index (κ2) is 6.29. The normalized spacial score (nSPS) is 28.1. The average Bonchev–Trinajstić information content (AvgIpc) is 2.80. The van der Waals surface area contributed by atoms with Crippen molar-refractivity contribution >= 4 is 23.6 Å². The van der Waals surface area contributed by atoms with Crippen LogP contribution in [0, 0.1) is 11.8 Å². The van der Waals surface area contributed by atoms with Crippen molar-refractivity contribution < 1.29 is 19.2 Å². The minimum atomic E-state index is -0.210. The number of nitrogens with zero attached hydrogens (tertiary/aromatic N) is 3. The molecule has 4 amide bonds. The van der Waals surface area contributed by atoms with Crippen LogP contribution in [0.5, 0.6) is 0 Å². The monoisotopic (exact) mass is 321 g/mol. The summed E-state index contributed by atoms with van der Waals surface area (Å²) in [4.78, 5) is 53.0. The third-order valence-electron chi connectivity index (χ3n) is 5.30.